The van der Waals surface area contributed by atoms with Gasteiger partial charge in [0.25, 0.3) is 0 Å². The highest BCUT2D eigenvalue weighted by Gasteiger charge is 2.24. The molecule has 0 aliphatic carbocycles. The Balaban J connectivity index is 2.10. The molecular weight excluding hydrogens is 312 g/mol. The normalized spacial score (nSPS) is 14.2. The molecule has 1 heterocycles. The van der Waals surface area contributed by atoms with Gasteiger partial charge in [-0.3, -0.25) is 4.98 Å². The Morgan fingerprint density at radius 2 is 1.70 bits per heavy atom. The van der Waals surface area contributed by atoms with E-state index in [0.29, 0.717) is 0 Å². The summed E-state index contributed by atoms with van der Waals surface area (Å²) in [6, 6.07) is 18.3. The lowest BCUT2D eigenvalue weighted by Gasteiger charge is -2.26. The molecule has 0 amide bonds. The highest BCUT2D eigenvalue weighted by molar-refractivity contribution is 9.10. The lowest BCUT2D eigenvalue weighted by Crippen LogP contribution is -2.34. The van der Waals surface area contributed by atoms with Gasteiger partial charge >= 0.3 is 0 Å². The molecule has 0 aliphatic heterocycles. The van der Waals surface area contributed by atoms with Crippen molar-refractivity contribution in [2.75, 3.05) is 0 Å². The molecule has 1 aromatic heterocycles. The van der Waals surface area contributed by atoms with Gasteiger partial charge in [0.1, 0.15) is 0 Å². The second-order valence-electron chi connectivity index (χ2n) is 5.13. The number of nitrogens with two attached hydrogens (primary N) is 1. The smallest absolute Gasteiger partial charge is 0.0702 e. The number of benzene rings is 2. The topological polar surface area (TPSA) is 38.9 Å². The van der Waals surface area contributed by atoms with Gasteiger partial charge in [0.05, 0.1) is 11.1 Å². The second kappa shape index (κ2) is 5.00. The Bertz CT molecular complexity index is 748. The number of aromatic nitrogens is 1. The lowest BCUT2D eigenvalue weighted by atomic mass is 9.86. The molecule has 0 saturated carbocycles. The molecule has 0 spiro atoms. The molecule has 0 aliphatic rings. The van der Waals surface area contributed by atoms with Crippen molar-refractivity contribution in [3.05, 3.63) is 76.4 Å². The van der Waals surface area contributed by atoms with Crippen molar-refractivity contribution in [1.82, 2.24) is 4.98 Å². The van der Waals surface area contributed by atoms with E-state index in [4.69, 9.17) is 5.73 Å². The van der Waals surface area contributed by atoms with Gasteiger partial charge in [0, 0.05) is 16.1 Å². The molecule has 0 bridgehead atoms. The van der Waals surface area contributed by atoms with E-state index in [2.05, 4.69) is 33.0 Å². The average molecular weight is 327 g/mol. The monoisotopic (exact) mass is 326 g/mol. The highest BCUT2D eigenvalue weighted by atomic mass is 79.9. The van der Waals surface area contributed by atoms with E-state index in [1.807, 2.05) is 55.6 Å². The predicted molar refractivity (Wildman–Crippen MR) is 86.5 cm³/mol. The van der Waals surface area contributed by atoms with Crippen LogP contribution in [0.15, 0.2) is 65.3 Å². The van der Waals surface area contributed by atoms with Gasteiger partial charge in [-0.25, -0.2) is 0 Å². The summed E-state index contributed by atoms with van der Waals surface area (Å²) >= 11 is 3.45. The number of halogens is 1. The van der Waals surface area contributed by atoms with Gasteiger partial charge in [0.2, 0.25) is 0 Å². The van der Waals surface area contributed by atoms with Gasteiger partial charge < -0.3 is 5.73 Å². The molecule has 0 saturated heterocycles. The van der Waals surface area contributed by atoms with Crippen LogP contribution < -0.4 is 5.73 Å². The van der Waals surface area contributed by atoms with Crippen LogP contribution >= 0.6 is 15.9 Å². The fourth-order valence-corrected chi connectivity index (χ4v) is 2.58. The fraction of sp³-hybridized carbons (Fsp3) is 0.118. The summed E-state index contributed by atoms with van der Waals surface area (Å²) in [5.41, 5.74) is 9.06. The highest BCUT2D eigenvalue weighted by Crippen LogP contribution is 2.28. The number of hydrogen-bond acceptors (Lipinski definition) is 2. The standard InChI is InChI=1S/C17H15BrN2/c1-17(19,13-6-8-15(18)9-7-13)14-10-12-4-2-3-5-16(12)20-11-14/h2-11H,19H2,1H3. The van der Waals surface area contributed by atoms with Crippen LogP contribution in [0.5, 0.6) is 0 Å². The van der Waals surface area contributed by atoms with Crippen molar-refractivity contribution < 1.29 is 0 Å². The minimum Gasteiger partial charge on any atom is -0.318 e. The van der Waals surface area contributed by atoms with Crippen molar-refractivity contribution in [2.45, 2.75) is 12.5 Å². The van der Waals surface area contributed by atoms with E-state index in [9.17, 15) is 0 Å². The Labute approximate surface area is 126 Å². The van der Waals surface area contributed by atoms with Gasteiger partial charge in [0.15, 0.2) is 0 Å². The lowest BCUT2D eigenvalue weighted by molar-refractivity contribution is 0.601. The van der Waals surface area contributed by atoms with Crippen molar-refractivity contribution in [3.8, 4) is 0 Å². The Kier molecular flexibility index (Phi) is 3.32. The summed E-state index contributed by atoms with van der Waals surface area (Å²) in [6.45, 7) is 2.02. The molecule has 100 valence electrons. The van der Waals surface area contributed by atoms with Crippen molar-refractivity contribution in [2.24, 2.45) is 5.73 Å². The van der Waals surface area contributed by atoms with Crippen molar-refractivity contribution in [3.63, 3.8) is 0 Å². The van der Waals surface area contributed by atoms with E-state index >= 15 is 0 Å². The largest absolute Gasteiger partial charge is 0.318 e. The van der Waals surface area contributed by atoms with Crippen LogP contribution in [-0.4, -0.2) is 4.98 Å². The van der Waals surface area contributed by atoms with Gasteiger partial charge in [-0.05, 0) is 42.3 Å². The SMILES string of the molecule is CC(N)(c1ccc(Br)cc1)c1cnc2ccccc2c1. The maximum absolute atomic E-state index is 6.55. The number of para-hydroxylation sites is 1. The van der Waals surface area contributed by atoms with Gasteiger partial charge in [-0.2, -0.15) is 0 Å². The molecular formula is C17H15BrN2. The van der Waals surface area contributed by atoms with E-state index in [1.165, 1.54) is 0 Å². The van der Waals surface area contributed by atoms with Crippen LogP contribution in [0.4, 0.5) is 0 Å². The van der Waals surface area contributed by atoms with Crippen LogP contribution in [0.3, 0.4) is 0 Å². The summed E-state index contributed by atoms with van der Waals surface area (Å²) in [5, 5.41) is 1.11. The summed E-state index contributed by atoms with van der Waals surface area (Å²) in [6.07, 6.45) is 1.87. The van der Waals surface area contributed by atoms with Gasteiger partial charge in [-0.15, -0.1) is 0 Å². The third-order valence-electron chi connectivity index (χ3n) is 3.63. The predicted octanol–water partition coefficient (Wildman–Crippen LogP) is 4.22. The van der Waals surface area contributed by atoms with Crippen molar-refractivity contribution >= 4 is 26.8 Å². The molecule has 20 heavy (non-hydrogen) atoms. The van der Waals surface area contributed by atoms with E-state index in [1.54, 1.807) is 0 Å². The van der Waals surface area contributed by atoms with E-state index in [0.717, 1.165) is 26.5 Å². The molecule has 3 aromatic rings. The third-order valence-corrected chi connectivity index (χ3v) is 4.16. The second-order valence-corrected chi connectivity index (χ2v) is 6.04. The summed E-state index contributed by atoms with van der Waals surface area (Å²) in [7, 11) is 0. The third kappa shape index (κ3) is 2.35. The molecule has 1 unspecified atom stereocenters. The number of rotatable bonds is 2. The Hall–Kier alpha value is -1.71. The molecule has 3 rings (SSSR count). The zero-order valence-corrected chi connectivity index (χ0v) is 12.8. The fourth-order valence-electron chi connectivity index (χ4n) is 2.32. The van der Waals surface area contributed by atoms with Crippen LogP contribution in [0.25, 0.3) is 10.9 Å². The number of fused-ring (bicyclic) bond motifs is 1. The van der Waals surface area contributed by atoms with Crippen LogP contribution in [0.1, 0.15) is 18.1 Å². The summed E-state index contributed by atoms with van der Waals surface area (Å²) < 4.78 is 1.05. The molecule has 0 fully saturated rings. The molecule has 2 nitrogen and oxygen atoms in total. The Morgan fingerprint density at radius 1 is 1.00 bits per heavy atom. The first-order chi connectivity index (χ1) is 9.57. The minimum atomic E-state index is -0.558. The first kappa shape index (κ1) is 13.3. The molecule has 2 aromatic carbocycles. The van der Waals surface area contributed by atoms with Crippen LogP contribution in [0, 0.1) is 0 Å². The maximum atomic E-state index is 6.55. The quantitative estimate of drug-likeness (QED) is 0.765. The molecule has 1 atom stereocenters. The summed E-state index contributed by atoms with van der Waals surface area (Å²) in [5.74, 6) is 0. The summed E-state index contributed by atoms with van der Waals surface area (Å²) in [4.78, 5) is 4.50. The zero-order valence-electron chi connectivity index (χ0n) is 11.2. The molecule has 3 heteroatoms. The first-order valence-electron chi connectivity index (χ1n) is 6.47. The zero-order chi connectivity index (χ0) is 14.2. The first-order valence-corrected chi connectivity index (χ1v) is 7.27. The van der Waals surface area contributed by atoms with Gasteiger partial charge in [-0.1, -0.05) is 46.3 Å². The van der Waals surface area contributed by atoms with E-state index in [-0.39, 0.29) is 0 Å². The van der Waals surface area contributed by atoms with Crippen LogP contribution in [0.2, 0.25) is 0 Å². The van der Waals surface area contributed by atoms with E-state index < -0.39 is 5.54 Å². The average Bonchev–Trinajstić information content (AvgIpc) is 2.47. The number of pyridine rings is 1. The number of nitrogens with zero attached hydrogens (tertiary/aromatic N) is 1. The minimum absolute atomic E-state index is 0.558. The molecule has 2 N–H and O–H groups in total. The van der Waals surface area contributed by atoms with Crippen LogP contribution in [-0.2, 0) is 5.54 Å². The number of hydrogen-bond donors (Lipinski definition) is 1. The molecule has 0 radical (unpaired) electrons. The Morgan fingerprint density at radius 3 is 2.45 bits per heavy atom. The maximum Gasteiger partial charge on any atom is 0.0702 e. The van der Waals surface area contributed by atoms with Crippen molar-refractivity contribution in [1.29, 1.82) is 0 Å².